The predicted molar refractivity (Wildman–Crippen MR) is 233 cm³/mol. The molecule has 0 aliphatic carbocycles. The molecule has 0 saturated carbocycles. The van der Waals surface area contributed by atoms with Crippen molar-refractivity contribution in [1.82, 2.24) is 0 Å². The van der Waals surface area contributed by atoms with Gasteiger partial charge in [-0.2, -0.15) is 0 Å². The molecule has 54 heavy (non-hydrogen) atoms. The summed E-state index contributed by atoms with van der Waals surface area (Å²) in [4.78, 5) is 25.2. The number of carbonyl (C=O) groups is 2. The van der Waals surface area contributed by atoms with Crippen molar-refractivity contribution in [1.29, 1.82) is 0 Å². The Morgan fingerprint density at radius 3 is 1.28 bits per heavy atom. The van der Waals surface area contributed by atoms with Crippen molar-refractivity contribution in [2.45, 2.75) is 245 Å². The minimum Gasteiger partial charge on any atom is -0.462 e. The summed E-state index contributed by atoms with van der Waals surface area (Å²) in [5.41, 5.74) is 0. The Hall–Kier alpha value is -1.88. The van der Waals surface area contributed by atoms with Crippen LogP contribution >= 0.6 is 0 Å². The van der Waals surface area contributed by atoms with Crippen LogP contribution in [0, 0.1) is 0 Å². The molecular formula is C49H90O5. The standard InChI is InChI=1S/C49H90O5/c1-4-7-10-13-16-19-21-22-23-24-25-26-27-28-30-31-33-36-39-42-48(50)53-46-47(45-52-44-41-38-35-18-15-12-9-6-3)54-49(51)43-40-37-34-32-29-20-17-14-11-8-5-2/h16,19,22-23,25-26,47H,4-15,17-18,20-21,24,27-46H2,1-3H3/b19-16-,23-22-,26-25-. The molecule has 0 rings (SSSR count). The van der Waals surface area contributed by atoms with Gasteiger partial charge in [0.15, 0.2) is 6.10 Å². The molecule has 316 valence electrons. The van der Waals surface area contributed by atoms with Gasteiger partial charge in [0.05, 0.1) is 6.61 Å². The number of rotatable bonds is 43. The summed E-state index contributed by atoms with van der Waals surface area (Å²) in [5.74, 6) is -0.405. The van der Waals surface area contributed by atoms with Gasteiger partial charge in [0.1, 0.15) is 6.61 Å². The number of hydrogen-bond donors (Lipinski definition) is 0. The second-order valence-electron chi connectivity index (χ2n) is 15.7. The highest BCUT2D eigenvalue weighted by atomic mass is 16.6. The lowest BCUT2D eigenvalue weighted by Gasteiger charge is -2.18. The Morgan fingerprint density at radius 1 is 0.407 bits per heavy atom. The fraction of sp³-hybridized carbons (Fsp3) is 0.837. The maximum absolute atomic E-state index is 12.7. The molecule has 0 heterocycles. The first-order valence-electron chi connectivity index (χ1n) is 23.5. The van der Waals surface area contributed by atoms with Gasteiger partial charge in [-0.25, -0.2) is 0 Å². The molecule has 0 saturated heterocycles. The van der Waals surface area contributed by atoms with Crippen LogP contribution in [0.5, 0.6) is 0 Å². The summed E-state index contributed by atoms with van der Waals surface area (Å²) >= 11 is 0. The molecule has 0 aliphatic heterocycles. The van der Waals surface area contributed by atoms with Crippen molar-refractivity contribution in [3.05, 3.63) is 36.5 Å². The first kappa shape index (κ1) is 52.1. The van der Waals surface area contributed by atoms with E-state index in [1.165, 1.54) is 141 Å². The van der Waals surface area contributed by atoms with Crippen LogP contribution in [0.25, 0.3) is 0 Å². The average molecular weight is 759 g/mol. The zero-order valence-electron chi connectivity index (χ0n) is 36.2. The average Bonchev–Trinajstić information content (AvgIpc) is 3.17. The molecule has 0 aliphatic rings. The van der Waals surface area contributed by atoms with Crippen molar-refractivity contribution in [2.24, 2.45) is 0 Å². The highest BCUT2D eigenvalue weighted by molar-refractivity contribution is 5.70. The Labute approximate surface area is 336 Å². The molecule has 1 atom stereocenters. The van der Waals surface area contributed by atoms with E-state index in [1.807, 2.05) is 0 Å². The molecule has 0 fully saturated rings. The Balaban J connectivity index is 4.15. The van der Waals surface area contributed by atoms with E-state index in [0.29, 0.717) is 19.4 Å². The van der Waals surface area contributed by atoms with Crippen molar-refractivity contribution < 1.29 is 23.8 Å². The number of esters is 2. The van der Waals surface area contributed by atoms with Gasteiger partial charge >= 0.3 is 11.9 Å². The van der Waals surface area contributed by atoms with Gasteiger partial charge in [0.2, 0.25) is 0 Å². The lowest BCUT2D eigenvalue weighted by atomic mass is 10.1. The van der Waals surface area contributed by atoms with Crippen molar-refractivity contribution in [3.8, 4) is 0 Å². The number of ether oxygens (including phenoxy) is 3. The molecule has 0 N–H and O–H groups in total. The van der Waals surface area contributed by atoms with Crippen LogP contribution in [0.15, 0.2) is 36.5 Å². The quantitative estimate of drug-likeness (QED) is 0.0352. The molecule has 0 aromatic heterocycles. The first-order valence-corrected chi connectivity index (χ1v) is 23.5. The van der Waals surface area contributed by atoms with E-state index in [4.69, 9.17) is 14.2 Å². The van der Waals surface area contributed by atoms with E-state index in [0.717, 1.165) is 64.2 Å². The van der Waals surface area contributed by atoms with E-state index in [9.17, 15) is 9.59 Å². The molecular weight excluding hydrogens is 669 g/mol. The second kappa shape index (κ2) is 45.5. The Kier molecular flexibility index (Phi) is 43.9. The maximum atomic E-state index is 12.7. The lowest BCUT2D eigenvalue weighted by Crippen LogP contribution is -2.30. The number of unbranched alkanes of at least 4 members (excludes halogenated alkanes) is 26. The zero-order valence-corrected chi connectivity index (χ0v) is 36.2. The third kappa shape index (κ3) is 42.9. The lowest BCUT2D eigenvalue weighted by molar-refractivity contribution is -0.163. The molecule has 0 aromatic rings. The van der Waals surface area contributed by atoms with Crippen molar-refractivity contribution >= 4 is 11.9 Å². The van der Waals surface area contributed by atoms with E-state index in [1.54, 1.807) is 0 Å². The van der Waals surface area contributed by atoms with Crippen LogP contribution in [0.1, 0.15) is 239 Å². The molecule has 1 unspecified atom stereocenters. The minimum atomic E-state index is -0.532. The molecule has 5 nitrogen and oxygen atoms in total. The smallest absolute Gasteiger partial charge is 0.306 e. The van der Waals surface area contributed by atoms with Crippen LogP contribution < -0.4 is 0 Å². The first-order chi connectivity index (χ1) is 26.6. The monoisotopic (exact) mass is 759 g/mol. The van der Waals surface area contributed by atoms with Gasteiger partial charge < -0.3 is 14.2 Å². The maximum Gasteiger partial charge on any atom is 0.306 e. The van der Waals surface area contributed by atoms with Crippen LogP contribution in [0.3, 0.4) is 0 Å². The third-order valence-corrected chi connectivity index (χ3v) is 10.2. The highest BCUT2D eigenvalue weighted by Gasteiger charge is 2.17. The SMILES string of the molecule is CCCCC/C=C\C/C=C\C/C=C\CCCCCCCCC(=O)OCC(COCCCCCCCCCC)OC(=O)CCCCCCCCCCCCC. The minimum absolute atomic E-state index is 0.0831. The summed E-state index contributed by atoms with van der Waals surface area (Å²) in [6, 6.07) is 0. The van der Waals surface area contributed by atoms with Gasteiger partial charge in [-0.3, -0.25) is 9.59 Å². The summed E-state index contributed by atoms with van der Waals surface area (Å²) in [6.07, 6.45) is 52.8. The van der Waals surface area contributed by atoms with Crippen LogP contribution in [-0.4, -0.2) is 37.9 Å². The van der Waals surface area contributed by atoms with E-state index >= 15 is 0 Å². The highest BCUT2D eigenvalue weighted by Crippen LogP contribution is 2.14. The second-order valence-corrected chi connectivity index (χ2v) is 15.7. The van der Waals surface area contributed by atoms with E-state index in [2.05, 4.69) is 57.2 Å². The number of hydrogen-bond acceptors (Lipinski definition) is 5. The predicted octanol–water partition coefficient (Wildman–Crippen LogP) is 15.4. The summed E-state index contributed by atoms with van der Waals surface area (Å²) in [5, 5.41) is 0. The third-order valence-electron chi connectivity index (χ3n) is 10.2. The van der Waals surface area contributed by atoms with Gasteiger partial charge in [-0.1, -0.05) is 205 Å². The topological polar surface area (TPSA) is 61.8 Å². The molecule has 0 spiro atoms. The molecule has 0 radical (unpaired) electrons. The fourth-order valence-corrected chi connectivity index (χ4v) is 6.63. The van der Waals surface area contributed by atoms with Crippen LogP contribution in [0.2, 0.25) is 0 Å². The van der Waals surface area contributed by atoms with Crippen molar-refractivity contribution in [2.75, 3.05) is 19.8 Å². The van der Waals surface area contributed by atoms with Gasteiger partial charge in [0, 0.05) is 19.4 Å². The molecule has 5 heteroatoms. The van der Waals surface area contributed by atoms with Gasteiger partial charge in [-0.15, -0.1) is 0 Å². The molecule has 0 aromatic carbocycles. The van der Waals surface area contributed by atoms with E-state index < -0.39 is 6.10 Å². The van der Waals surface area contributed by atoms with Crippen molar-refractivity contribution in [3.63, 3.8) is 0 Å². The number of carbonyl (C=O) groups excluding carboxylic acids is 2. The molecule has 0 amide bonds. The van der Waals surface area contributed by atoms with Crippen LogP contribution in [-0.2, 0) is 23.8 Å². The van der Waals surface area contributed by atoms with Gasteiger partial charge in [0.25, 0.3) is 0 Å². The Morgan fingerprint density at radius 2 is 0.778 bits per heavy atom. The van der Waals surface area contributed by atoms with E-state index in [-0.39, 0.29) is 25.2 Å². The summed E-state index contributed by atoms with van der Waals surface area (Å²) in [6.45, 7) is 7.79. The Bertz CT molecular complexity index is 862. The number of allylic oxidation sites excluding steroid dienone is 6. The zero-order chi connectivity index (χ0) is 39.3. The summed E-state index contributed by atoms with van der Waals surface area (Å²) in [7, 11) is 0. The summed E-state index contributed by atoms with van der Waals surface area (Å²) < 4.78 is 17.3. The van der Waals surface area contributed by atoms with Crippen LogP contribution in [0.4, 0.5) is 0 Å². The van der Waals surface area contributed by atoms with Gasteiger partial charge in [-0.05, 0) is 57.8 Å². The normalized spacial score (nSPS) is 12.4. The molecule has 0 bridgehead atoms. The largest absolute Gasteiger partial charge is 0.462 e. The fourth-order valence-electron chi connectivity index (χ4n) is 6.63.